The Hall–Kier alpha value is -1.68. The second-order valence-corrected chi connectivity index (χ2v) is 6.11. The highest BCUT2D eigenvalue weighted by Crippen LogP contribution is 2.08. The Bertz CT molecular complexity index is 687. The second-order valence-electron chi connectivity index (χ2n) is 6.11. The number of hydrogen-bond donors (Lipinski definition) is 1. The van der Waals surface area contributed by atoms with Gasteiger partial charge < -0.3 is 14.7 Å². The Labute approximate surface area is 170 Å². The number of benzene rings is 1. The zero-order valence-corrected chi connectivity index (χ0v) is 17.2. The predicted octanol–water partition coefficient (Wildman–Crippen LogP) is 2.37. The lowest BCUT2D eigenvalue weighted by atomic mass is 10.1. The van der Waals surface area contributed by atoms with E-state index < -0.39 is 0 Å². The number of aliphatic imine (C=N–C) groups is 1. The van der Waals surface area contributed by atoms with Crippen LogP contribution in [0.15, 0.2) is 46.1 Å². The lowest BCUT2D eigenvalue weighted by Gasteiger charge is -2.36. The van der Waals surface area contributed by atoms with Gasteiger partial charge >= 0.3 is 0 Å². The third-order valence-corrected chi connectivity index (χ3v) is 4.35. The largest absolute Gasteiger partial charge is 0.364 e. The van der Waals surface area contributed by atoms with Crippen LogP contribution in [0, 0.1) is 5.82 Å². The molecule has 2 heterocycles. The molecular formula is C18H25FIN5O. The van der Waals surface area contributed by atoms with Gasteiger partial charge in [-0.1, -0.05) is 17.3 Å². The fourth-order valence-electron chi connectivity index (χ4n) is 3.01. The van der Waals surface area contributed by atoms with E-state index in [9.17, 15) is 4.39 Å². The van der Waals surface area contributed by atoms with Gasteiger partial charge in [-0.15, -0.1) is 24.0 Å². The van der Waals surface area contributed by atoms with Crippen LogP contribution in [-0.2, 0) is 13.0 Å². The molecule has 2 aromatic rings. The summed E-state index contributed by atoms with van der Waals surface area (Å²) < 4.78 is 18.1. The molecule has 1 aromatic heterocycles. The van der Waals surface area contributed by atoms with Crippen molar-refractivity contribution in [2.24, 2.45) is 4.99 Å². The van der Waals surface area contributed by atoms with Crippen molar-refractivity contribution in [3.8, 4) is 0 Å². The number of halogens is 2. The molecule has 0 spiro atoms. The molecule has 1 N–H and O–H groups in total. The summed E-state index contributed by atoms with van der Waals surface area (Å²) >= 11 is 0. The fourth-order valence-corrected chi connectivity index (χ4v) is 3.01. The summed E-state index contributed by atoms with van der Waals surface area (Å²) in [6.07, 6.45) is 2.37. The topological polar surface area (TPSA) is 56.9 Å². The van der Waals surface area contributed by atoms with Crippen molar-refractivity contribution in [2.45, 2.75) is 13.0 Å². The first-order chi connectivity index (χ1) is 12.2. The van der Waals surface area contributed by atoms with Crippen LogP contribution in [0.3, 0.4) is 0 Å². The van der Waals surface area contributed by atoms with Crippen LogP contribution in [-0.4, -0.2) is 60.7 Å². The molecule has 142 valence electrons. The van der Waals surface area contributed by atoms with Gasteiger partial charge in [0.15, 0.2) is 5.96 Å². The number of hydrogen-bond acceptors (Lipinski definition) is 4. The number of nitrogens with one attached hydrogen (secondary N) is 1. The van der Waals surface area contributed by atoms with Gasteiger partial charge in [-0.25, -0.2) is 4.39 Å². The zero-order chi connectivity index (χ0) is 17.5. The first-order valence-corrected chi connectivity index (χ1v) is 8.56. The Morgan fingerprint density at radius 1 is 1.27 bits per heavy atom. The second kappa shape index (κ2) is 10.5. The molecule has 0 amide bonds. The third kappa shape index (κ3) is 5.94. The maximum Gasteiger partial charge on any atom is 0.193 e. The van der Waals surface area contributed by atoms with Crippen molar-refractivity contribution in [3.05, 3.63) is 53.7 Å². The molecule has 8 heteroatoms. The summed E-state index contributed by atoms with van der Waals surface area (Å²) in [7, 11) is 1.80. The van der Waals surface area contributed by atoms with Crippen LogP contribution < -0.4 is 5.32 Å². The van der Waals surface area contributed by atoms with Gasteiger partial charge in [0.1, 0.15) is 12.1 Å². The summed E-state index contributed by atoms with van der Waals surface area (Å²) in [6, 6.07) is 8.63. The molecule has 3 rings (SSSR count). The minimum atomic E-state index is -0.190. The normalized spacial score (nSPS) is 15.6. The predicted molar refractivity (Wildman–Crippen MR) is 110 cm³/mol. The third-order valence-electron chi connectivity index (χ3n) is 4.35. The van der Waals surface area contributed by atoms with Crippen molar-refractivity contribution < 1.29 is 8.91 Å². The first kappa shape index (κ1) is 20.6. The van der Waals surface area contributed by atoms with Crippen LogP contribution in [0.1, 0.15) is 11.3 Å². The van der Waals surface area contributed by atoms with Crippen LogP contribution in [0.5, 0.6) is 0 Å². The van der Waals surface area contributed by atoms with E-state index in [-0.39, 0.29) is 29.8 Å². The summed E-state index contributed by atoms with van der Waals surface area (Å²) in [5.41, 5.74) is 1.95. The van der Waals surface area contributed by atoms with Crippen LogP contribution in [0.2, 0.25) is 0 Å². The highest BCUT2D eigenvalue weighted by atomic mass is 127. The van der Waals surface area contributed by atoms with Crippen molar-refractivity contribution in [3.63, 3.8) is 0 Å². The maximum atomic E-state index is 13.2. The maximum absolute atomic E-state index is 13.2. The molecule has 0 aliphatic carbocycles. The van der Waals surface area contributed by atoms with Crippen LogP contribution in [0.4, 0.5) is 4.39 Å². The molecule has 6 nitrogen and oxygen atoms in total. The molecule has 0 bridgehead atoms. The van der Waals surface area contributed by atoms with E-state index >= 15 is 0 Å². The number of aromatic nitrogens is 1. The average molecular weight is 473 g/mol. The number of guanidine groups is 1. The molecule has 1 fully saturated rings. The Morgan fingerprint density at radius 3 is 2.73 bits per heavy atom. The molecule has 0 atom stereocenters. The molecule has 1 aliphatic rings. The van der Waals surface area contributed by atoms with E-state index in [1.54, 1.807) is 25.4 Å². The SMILES string of the molecule is CN=C(NCCc1cccc(F)c1)N1CCN(Cc2ccon2)CC1.I. The molecule has 1 saturated heterocycles. The Kier molecular flexibility index (Phi) is 8.30. The van der Waals surface area contributed by atoms with Gasteiger partial charge in [-0.2, -0.15) is 0 Å². The van der Waals surface area contributed by atoms with E-state index in [0.717, 1.165) is 62.9 Å². The highest BCUT2D eigenvalue weighted by Gasteiger charge is 2.20. The van der Waals surface area contributed by atoms with Gasteiger partial charge in [-0.3, -0.25) is 9.89 Å². The molecule has 26 heavy (non-hydrogen) atoms. The summed E-state index contributed by atoms with van der Waals surface area (Å²) in [6.45, 7) is 5.29. The molecule has 1 aromatic carbocycles. The first-order valence-electron chi connectivity index (χ1n) is 8.56. The number of rotatable bonds is 5. The van der Waals surface area contributed by atoms with Crippen molar-refractivity contribution in [1.82, 2.24) is 20.3 Å². The quantitative estimate of drug-likeness (QED) is 0.411. The summed E-state index contributed by atoms with van der Waals surface area (Å²) in [4.78, 5) is 8.98. The summed E-state index contributed by atoms with van der Waals surface area (Å²) in [5, 5.41) is 7.34. The lowest BCUT2D eigenvalue weighted by molar-refractivity contribution is 0.169. The Morgan fingerprint density at radius 2 is 2.08 bits per heavy atom. The van der Waals surface area contributed by atoms with Gasteiger partial charge in [0.2, 0.25) is 0 Å². The van der Waals surface area contributed by atoms with Gasteiger partial charge in [-0.05, 0) is 24.1 Å². The molecule has 0 unspecified atom stereocenters. The van der Waals surface area contributed by atoms with E-state index in [1.165, 1.54) is 6.07 Å². The minimum absolute atomic E-state index is 0. The average Bonchev–Trinajstić information content (AvgIpc) is 3.13. The van der Waals surface area contributed by atoms with Gasteiger partial charge in [0.25, 0.3) is 0 Å². The zero-order valence-electron chi connectivity index (χ0n) is 14.9. The summed E-state index contributed by atoms with van der Waals surface area (Å²) in [5.74, 6) is 0.711. The van der Waals surface area contributed by atoms with Crippen molar-refractivity contribution >= 4 is 29.9 Å². The van der Waals surface area contributed by atoms with Gasteiger partial charge in [0.05, 0.1) is 5.69 Å². The van der Waals surface area contributed by atoms with Crippen LogP contribution in [0.25, 0.3) is 0 Å². The monoisotopic (exact) mass is 473 g/mol. The molecule has 0 saturated carbocycles. The minimum Gasteiger partial charge on any atom is -0.364 e. The number of nitrogens with zero attached hydrogens (tertiary/aromatic N) is 4. The molecule has 1 aliphatic heterocycles. The number of piperazine rings is 1. The van der Waals surface area contributed by atoms with E-state index in [4.69, 9.17) is 4.52 Å². The van der Waals surface area contributed by atoms with E-state index in [2.05, 4.69) is 25.3 Å². The highest BCUT2D eigenvalue weighted by molar-refractivity contribution is 14.0. The van der Waals surface area contributed by atoms with Crippen molar-refractivity contribution in [1.29, 1.82) is 0 Å². The molecular weight excluding hydrogens is 448 g/mol. The van der Waals surface area contributed by atoms with Crippen LogP contribution >= 0.6 is 24.0 Å². The fraction of sp³-hybridized carbons (Fsp3) is 0.444. The van der Waals surface area contributed by atoms with Gasteiger partial charge in [0, 0.05) is 52.4 Å². The molecule has 0 radical (unpaired) electrons. The van der Waals surface area contributed by atoms with Crippen molar-refractivity contribution in [2.75, 3.05) is 39.8 Å². The van der Waals surface area contributed by atoms with E-state index in [0.29, 0.717) is 0 Å². The lowest BCUT2D eigenvalue weighted by Crippen LogP contribution is -2.52. The Balaban J connectivity index is 0.00000243. The standard InChI is InChI=1S/C18H24FN5O.HI/c1-20-18(21-7-5-15-3-2-4-16(19)13-15)24-10-8-23(9-11-24)14-17-6-12-25-22-17;/h2-4,6,12-13H,5,7-11,14H2,1H3,(H,20,21);1H. The van der Waals surface area contributed by atoms with E-state index in [1.807, 2.05) is 12.1 Å². The smallest absolute Gasteiger partial charge is 0.193 e.